The maximum atomic E-state index is 5.55. The second-order valence-electron chi connectivity index (χ2n) is 5.42. The van der Waals surface area contributed by atoms with Crippen LogP contribution in [0.15, 0.2) is 0 Å². The zero-order valence-electron chi connectivity index (χ0n) is 12.7. The summed E-state index contributed by atoms with van der Waals surface area (Å²) in [5.74, 6) is 0. The summed E-state index contributed by atoms with van der Waals surface area (Å²) < 4.78 is 5.55. The molecule has 0 aromatic heterocycles. The van der Waals surface area contributed by atoms with Crippen molar-refractivity contribution >= 4 is 0 Å². The number of rotatable bonds is 9. The SMILES string of the molecule is CCCC[C@H](CCCN1CCN(CC)CC1)OC. The summed E-state index contributed by atoms with van der Waals surface area (Å²) in [6.07, 6.45) is 6.81. The number of likely N-dealkylation sites (N-methyl/N-ethyl adjacent to an activating group) is 1. The molecule has 0 unspecified atom stereocenters. The van der Waals surface area contributed by atoms with Gasteiger partial charge in [-0.05, 0) is 32.4 Å². The van der Waals surface area contributed by atoms with Gasteiger partial charge in [0.05, 0.1) is 6.10 Å². The lowest BCUT2D eigenvalue weighted by Crippen LogP contribution is -2.46. The molecule has 0 saturated carbocycles. The predicted molar refractivity (Wildman–Crippen MR) is 78.1 cm³/mol. The topological polar surface area (TPSA) is 15.7 Å². The van der Waals surface area contributed by atoms with Crippen LogP contribution in [0.25, 0.3) is 0 Å². The molecule has 1 fully saturated rings. The predicted octanol–water partition coefficient (Wildman–Crippen LogP) is 2.61. The van der Waals surface area contributed by atoms with Crippen molar-refractivity contribution in [2.75, 3.05) is 46.4 Å². The maximum absolute atomic E-state index is 5.55. The molecule has 1 rings (SSSR count). The maximum Gasteiger partial charge on any atom is 0.0571 e. The van der Waals surface area contributed by atoms with Crippen LogP contribution in [0.4, 0.5) is 0 Å². The fraction of sp³-hybridized carbons (Fsp3) is 1.00. The molecule has 0 amide bonds. The van der Waals surface area contributed by atoms with Gasteiger partial charge in [-0.25, -0.2) is 0 Å². The molecule has 0 bridgehead atoms. The molecule has 18 heavy (non-hydrogen) atoms. The van der Waals surface area contributed by atoms with E-state index in [0.717, 1.165) is 0 Å². The second-order valence-corrected chi connectivity index (χ2v) is 5.42. The highest BCUT2D eigenvalue weighted by Crippen LogP contribution is 2.11. The van der Waals surface area contributed by atoms with E-state index in [0.29, 0.717) is 6.10 Å². The lowest BCUT2D eigenvalue weighted by Gasteiger charge is -2.34. The zero-order chi connectivity index (χ0) is 13.2. The van der Waals surface area contributed by atoms with E-state index >= 15 is 0 Å². The first-order valence-corrected chi connectivity index (χ1v) is 7.77. The number of unbranched alkanes of at least 4 members (excludes halogenated alkanes) is 1. The minimum Gasteiger partial charge on any atom is -0.381 e. The van der Waals surface area contributed by atoms with Crippen LogP contribution in [-0.2, 0) is 4.74 Å². The third-order valence-corrected chi connectivity index (χ3v) is 4.13. The van der Waals surface area contributed by atoms with Crippen LogP contribution in [0, 0.1) is 0 Å². The van der Waals surface area contributed by atoms with Crippen LogP contribution in [-0.4, -0.2) is 62.3 Å². The van der Waals surface area contributed by atoms with Gasteiger partial charge in [0.15, 0.2) is 0 Å². The number of hydrogen-bond donors (Lipinski definition) is 0. The second kappa shape index (κ2) is 9.76. The fourth-order valence-corrected chi connectivity index (χ4v) is 2.68. The van der Waals surface area contributed by atoms with Gasteiger partial charge in [0, 0.05) is 33.3 Å². The lowest BCUT2D eigenvalue weighted by atomic mass is 10.1. The summed E-state index contributed by atoms with van der Waals surface area (Å²) >= 11 is 0. The number of ether oxygens (including phenoxy) is 1. The third kappa shape index (κ3) is 6.17. The molecular weight excluding hydrogens is 224 g/mol. The van der Waals surface area contributed by atoms with Crippen molar-refractivity contribution in [3.8, 4) is 0 Å². The normalized spacial score (nSPS) is 20.2. The van der Waals surface area contributed by atoms with Gasteiger partial charge in [0.25, 0.3) is 0 Å². The van der Waals surface area contributed by atoms with Gasteiger partial charge in [0.2, 0.25) is 0 Å². The Morgan fingerprint density at radius 3 is 2.11 bits per heavy atom. The Labute approximate surface area is 113 Å². The van der Waals surface area contributed by atoms with Gasteiger partial charge in [0.1, 0.15) is 0 Å². The van der Waals surface area contributed by atoms with Gasteiger partial charge in [-0.1, -0.05) is 26.7 Å². The first-order chi connectivity index (χ1) is 8.80. The van der Waals surface area contributed by atoms with Gasteiger partial charge >= 0.3 is 0 Å². The van der Waals surface area contributed by atoms with E-state index in [2.05, 4.69) is 23.6 Å². The molecule has 1 aliphatic rings. The minimum absolute atomic E-state index is 0.488. The Hall–Kier alpha value is -0.120. The van der Waals surface area contributed by atoms with Crippen molar-refractivity contribution in [3.63, 3.8) is 0 Å². The Morgan fingerprint density at radius 2 is 1.56 bits per heavy atom. The van der Waals surface area contributed by atoms with E-state index < -0.39 is 0 Å². The van der Waals surface area contributed by atoms with Crippen LogP contribution in [0.3, 0.4) is 0 Å². The van der Waals surface area contributed by atoms with Crippen molar-refractivity contribution in [1.29, 1.82) is 0 Å². The highest BCUT2D eigenvalue weighted by Gasteiger charge is 2.15. The molecule has 3 heteroatoms. The van der Waals surface area contributed by atoms with Gasteiger partial charge in [-0.3, -0.25) is 0 Å². The highest BCUT2D eigenvalue weighted by atomic mass is 16.5. The molecular formula is C15H32N2O. The van der Waals surface area contributed by atoms with Crippen LogP contribution in [0.1, 0.15) is 46.0 Å². The van der Waals surface area contributed by atoms with Gasteiger partial charge in [-0.15, -0.1) is 0 Å². The monoisotopic (exact) mass is 256 g/mol. The number of hydrogen-bond acceptors (Lipinski definition) is 3. The molecule has 1 atom stereocenters. The summed E-state index contributed by atoms with van der Waals surface area (Å²) in [7, 11) is 1.86. The minimum atomic E-state index is 0.488. The van der Waals surface area contributed by atoms with E-state index in [9.17, 15) is 0 Å². The van der Waals surface area contributed by atoms with Crippen molar-refractivity contribution in [2.24, 2.45) is 0 Å². The molecule has 3 nitrogen and oxygen atoms in total. The van der Waals surface area contributed by atoms with Crippen LogP contribution in [0.5, 0.6) is 0 Å². The first kappa shape index (κ1) is 15.9. The van der Waals surface area contributed by atoms with Crippen LogP contribution >= 0.6 is 0 Å². The van der Waals surface area contributed by atoms with E-state index in [1.54, 1.807) is 0 Å². The Bertz CT molecular complexity index is 191. The smallest absolute Gasteiger partial charge is 0.0571 e. The van der Waals surface area contributed by atoms with Crippen molar-refractivity contribution < 1.29 is 4.74 Å². The Balaban J connectivity index is 2.06. The van der Waals surface area contributed by atoms with E-state index in [1.807, 2.05) is 7.11 Å². The van der Waals surface area contributed by atoms with Gasteiger partial charge < -0.3 is 14.5 Å². The first-order valence-electron chi connectivity index (χ1n) is 7.77. The van der Waals surface area contributed by atoms with E-state index in [1.165, 1.54) is 71.4 Å². The van der Waals surface area contributed by atoms with E-state index in [4.69, 9.17) is 4.74 Å². The number of methoxy groups -OCH3 is 1. The average Bonchev–Trinajstić information content (AvgIpc) is 2.43. The summed E-state index contributed by atoms with van der Waals surface area (Å²) in [5.41, 5.74) is 0. The lowest BCUT2D eigenvalue weighted by molar-refractivity contribution is 0.0767. The van der Waals surface area contributed by atoms with Crippen LogP contribution in [0.2, 0.25) is 0 Å². The van der Waals surface area contributed by atoms with Gasteiger partial charge in [-0.2, -0.15) is 0 Å². The molecule has 0 N–H and O–H groups in total. The highest BCUT2D eigenvalue weighted by molar-refractivity contribution is 4.71. The largest absolute Gasteiger partial charge is 0.381 e. The summed E-state index contributed by atoms with van der Waals surface area (Å²) in [6.45, 7) is 12.0. The molecule has 1 saturated heterocycles. The number of piperazine rings is 1. The summed E-state index contributed by atoms with van der Waals surface area (Å²) in [4.78, 5) is 5.15. The zero-order valence-corrected chi connectivity index (χ0v) is 12.7. The van der Waals surface area contributed by atoms with Crippen LogP contribution < -0.4 is 0 Å². The van der Waals surface area contributed by atoms with Crippen molar-refractivity contribution in [3.05, 3.63) is 0 Å². The average molecular weight is 256 g/mol. The Morgan fingerprint density at radius 1 is 0.944 bits per heavy atom. The molecule has 1 aliphatic heterocycles. The molecule has 0 aliphatic carbocycles. The van der Waals surface area contributed by atoms with Crippen molar-refractivity contribution in [1.82, 2.24) is 9.80 Å². The fourth-order valence-electron chi connectivity index (χ4n) is 2.68. The molecule has 0 radical (unpaired) electrons. The standard InChI is InChI=1S/C15H32N2O/c1-4-6-8-15(18-3)9-7-10-17-13-11-16(5-2)12-14-17/h15H,4-14H2,1-3H3/t15-/m1/s1. The molecule has 108 valence electrons. The summed E-state index contributed by atoms with van der Waals surface area (Å²) in [5, 5.41) is 0. The molecule has 0 spiro atoms. The molecule has 0 aromatic carbocycles. The van der Waals surface area contributed by atoms with Crippen molar-refractivity contribution in [2.45, 2.75) is 52.1 Å². The number of nitrogens with zero attached hydrogens (tertiary/aromatic N) is 2. The quantitative estimate of drug-likeness (QED) is 0.631. The third-order valence-electron chi connectivity index (χ3n) is 4.13. The van der Waals surface area contributed by atoms with E-state index in [-0.39, 0.29) is 0 Å². The summed E-state index contributed by atoms with van der Waals surface area (Å²) in [6, 6.07) is 0. The molecule has 1 heterocycles. The Kier molecular flexibility index (Phi) is 8.64. The molecule has 0 aromatic rings.